The number of nitrogens with one attached hydrogen (secondary N) is 2. The SMILES string of the molecule is CC(C)Cc1ccc(CNCCC2CCNC2)cc1. The van der Waals surface area contributed by atoms with E-state index in [1.54, 1.807) is 0 Å². The van der Waals surface area contributed by atoms with Crippen LogP contribution in [0.1, 0.15) is 37.8 Å². The Morgan fingerprint density at radius 1 is 1.21 bits per heavy atom. The number of hydrogen-bond donors (Lipinski definition) is 2. The van der Waals surface area contributed by atoms with Crippen LogP contribution in [0.25, 0.3) is 0 Å². The van der Waals surface area contributed by atoms with Gasteiger partial charge >= 0.3 is 0 Å². The predicted molar refractivity (Wildman–Crippen MR) is 82.3 cm³/mol. The third-order valence-corrected chi connectivity index (χ3v) is 3.89. The van der Waals surface area contributed by atoms with Gasteiger partial charge in [0.25, 0.3) is 0 Å². The quantitative estimate of drug-likeness (QED) is 0.737. The first-order valence-corrected chi connectivity index (χ1v) is 7.73. The number of rotatable bonds is 7. The molecular formula is C17H28N2. The van der Waals surface area contributed by atoms with Gasteiger partial charge in [0.1, 0.15) is 0 Å². The highest BCUT2D eigenvalue weighted by molar-refractivity contribution is 5.22. The van der Waals surface area contributed by atoms with Gasteiger partial charge in [-0.05, 0) is 61.9 Å². The van der Waals surface area contributed by atoms with Gasteiger partial charge in [-0.15, -0.1) is 0 Å². The summed E-state index contributed by atoms with van der Waals surface area (Å²) < 4.78 is 0. The van der Waals surface area contributed by atoms with Crippen molar-refractivity contribution in [3.8, 4) is 0 Å². The van der Waals surface area contributed by atoms with Crippen molar-refractivity contribution in [2.24, 2.45) is 11.8 Å². The minimum Gasteiger partial charge on any atom is -0.316 e. The van der Waals surface area contributed by atoms with Crippen molar-refractivity contribution < 1.29 is 0 Å². The molecule has 1 aromatic carbocycles. The summed E-state index contributed by atoms with van der Waals surface area (Å²) in [7, 11) is 0. The molecule has 1 saturated heterocycles. The van der Waals surface area contributed by atoms with E-state index in [4.69, 9.17) is 0 Å². The average molecular weight is 260 g/mol. The fourth-order valence-electron chi connectivity index (χ4n) is 2.76. The van der Waals surface area contributed by atoms with Gasteiger partial charge in [0.05, 0.1) is 0 Å². The Morgan fingerprint density at radius 2 is 1.95 bits per heavy atom. The third kappa shape index (κ3) is 5.33. The van der Waals surface area contributed by atoms with E-state index in [2.05, 4.69) is 48.7 Å². The maximum absolute atomic E-state index is 3.56. The van der Waals surface area contributed by atoms with Crippen molar-refractivity contribution in [3.05, 3.63) is 35.4 Å². The molecular weight excluding hydrogens is 232 g/mol. The average Bonchev–Trinajstić information content (AvgIpc) is 2.89. The second kappa shape index (κ2) is 7.66. The summed E-state index contributed by atoms with van der Waals surface area (Å²) in [5.74, 6) is 1.63. The summed E-state index contributed by atoms with van der Waals surface area (Å²) in [5, 5.41) is 6.99. The lowest BCUT2D eigenvalue weighted by atomic mass is 10.0. The summed E-state index contributed by atoms with van der Waals surface area (Å²) in [4.78, 5) is 0. The van der Waals surface area contributed by atoms with Crippen LogP contribution < -0.4 is 10.6 Å². The van der Waals surface area contributed by atoms with E-state index in [1.165, 1.54) is 43.5 Å². The van der Waals surface area contributed by atoms with Crippen LogP contribution in [-0.4, -0.2) is 19.6 Å². The molecule has 1 atom stereocenters. The first kappa shape index (κ1) is 14.5. The fraction of sp³-hybridized carbons (Fsp3) is 0.647. The standard InChI is InChI=1S/C17H28N2/c1-14(2)11-15-3-5-16(6-4-15)12-18-9-7-17-8-10-19-13-17/h3-6,14,17-19H,7-13H2,1-2H3. The number of benzene rings is 1. The second-order valence-electron chi connectivity index (χ2n) is 6.24. The van der Waals surface area contributed by atoms with Crippen LogP contribution in [0.2, 0.25) is 0 Å². The van der Waals surface area contributed by atoms with Crippen molar-refractivity contribution >= 4 is 0 Å². The maximum atomic E-state index is 3.56. The highest BCUT2D eigenvalue weighted by atomic mass is 14.9. The zero-order valence-electron chi connectivity index (χ0n) is 12.4. The van der Waals surface area contributed by atoms with Gasteiger partial charge in [0, 0.05) is 6.54 Å². The van der Waals surface area contributed by atoms with Crippen LogP contribution in [0.3, 0.4) is 0 Å². The monoisotopic (exact) mass is 260 g/mol. The van der Waals surface area contributed by atoms with Crippen LogP contribution in [0.5, 0.6) is 0 Å². The lowest BCUT2D eigenvalue weighted by molar-refractivity contribution is 0.500. The summed E-state index contributed by atoms with van der Waals surface area (Å²) in [6.45, 7) is 9.11. The third-order valence-electron chi connectivity index (χ3n) is 3.89. The van der Waals surface area contributed by atoms with Crippen LogP contribution in [-0.2, 0) is 13.0 Å². The molecule has 1 aliphatic heterocycles. The van der Waals surface area contributed by atoms with Crippen molar-refractivity contribution in [2.45, 2.75) is 39.7 Å². The van der Waals surface area contributed by atoms with Crippen LogP contribution in [0.4, 0.5) is 0 Å². The molecule has 1 aromatic rings. The minimum atomic E-state index is 0.740. The molecule has 0 spiro atoms. The molecule has 1 fully saturated rings. The first-order valence-electron chi connectivity index (χ1n) is 7.73. The Morgan fingerprint density at radius 3 is 2.58 bits per heavy atom. The topological polar surface area (TPSA) is 24.1 Å². The molecule has 0 radical (unpaired) electrons. The lowest BCUT2D eigenvalue weighted by Crippen LogP contribution is -2.19. The van der Waals surface area contributed by atoms with Crippen molar-refractivity contribution in [1.82, 2.24) is 10.6 Å². The molecule has 2 rings (SSSR count). The van der Waals surface area contributed by atoms with Crippen LogP contribution in [0, 0.1) is 11.8 Å². The molecule has 2 heteroatoms. The number of hydrogen-bond acceptors (Lipinski definition) is 2. The summed E-state index contributed by atoms with van der Waals surface area (Å²) >= 11 is 0. The molecule has 0 saturated carbocycles. The Kier molecular flexibility index (Phi) is 5.87. The van der Waals surface area contributed by atoms with E-state index in [0.717, 1.165) is 24.9 Å². The summed E-state index contributed by atoms with van der Waals surface area (Å²) in [5.41, 5.74) is 2.85. The van der Waals surface area contributed by atoms with E-state index < -0.39 is 0 Å². The van der Waals surface area contributed by atoms with Gasteiger partial charge in [-0.3, -0.25) is 0 Å². The Balaban J connectivity index is 1.65. The lowest BCUT2D eigenvalue weighted by Gasteiger charge is -2.10. The van der Waals surface area contributed by atoms with Crippen molar-refractivity contribution in [2.75, 3.05) is 19.6 Å². The van der Waals surface area contributed by atoms with E-state index >= 15 is 0 Å². The molecule has 0 bridgehead atoms. The molecule has 1 aliphatic rings. The normalized spacial score (nSPS) is 19.2. The Labute approximate surface area is 118 Å². The molecule has 0 aliphatic carbocycles. The van der Waals surface area contributed by atoms with Crippen molar-refractivity contribution in [3.63, 3.8) is 0 Å². The fourth-order valence-corrected chi connectivity index (χ4v) is 2.76. The largest absolute Gasteiger partial charge is 0.316 e. The molecule has 2 nitrogen and oxygen atoms in total. The predicted octanol–water partition coefficient (Wildman–Crippen LogP) is 2.97. The molecule has 1 heterocycles. The first-order chi connectivity index (χ1) is 9.24. The Bertz CT molecular complexity index is 350. The zero-order chi connectivity index (χ0) is 13.5. The van der Waals surface area contributed by atoms with Gasteiger partial charge in [0.2, 0.25) is 0 Å². The van der Waals surface area contributed by atoms with Gasteiger partial charge in [0.15, 0.2) is 0 Å². The highest BCUT2D eigenvalue weighted by Crippen LogP contribution is 2.12. The van der Waals surface area contributed by atoms with E-state index in [9.17, 15) is 0 Å². The molecule has 2 N–H and O–H groups in total. The van der Waals surface area contributed by atoms with Gasteiger partial charge in [-0.2, -0.15) is 0 Å². The van der Waals surface area contributed by atoms with Gasteiger partial charge < -0.3 is 10.6 Å². The van der Waals surface area contributed by atoms with Crippen LogP contribution in [0.15, 0.2) is 24.3 Å². The second-order valence-corrected chi connectivity index (χ2v) is 6.24. The van der Waals surface area contributed by atoms with Gasteiger partial charge in [-0.25, -0.2) is 0 Å². The molecule has 106 valence electrons. The van der Waals surface area contributed by atoms with E-state index in [1.807, 2.05) is 0 Å². The van der Waals surface area contributed by atoms with E-state index in [0.29, 0.717) is 0 Å². The van der Waals surface area contributed by atoms with Crippen LogP contribution >= 0.6 is 0 Å². The smallest absolute Gasteiger partial charge is 0.0205 e. The highest BCUT2D eigenvalue weighted by Gasteiger charge is 2.13. The molecule has 1 unspecified atom stereocenters. The summed E-state index contributed by atoms with van der Waals surface area (Å²) in [6, 6.07) is 9.08. The van der Waals surface area contributed by atoms with Crippen molar-refractivity contribution in [1.29, 1.82) is 0 Å². The molecule has 0 aromatic heterocycles. The molecule has 0 amide bonds. The summed E-state index contributed by atoms with van der Waals surface area (Å²) in [6.07, 6.45) is 3.84. The maximum Gasteiger partial charge on any atom is 0.0205 e. The van der Waals surface area contributed by atoms with E-state index in [-0.39, 0.29) is 0 Å². The molecule has 19 heavy (non-hydrogen) atoms. The van der Waals surface area contributed by atoms with Gasteiger partial charge in [-0.1, -0.05) is 38.1 Å². The minimum absolute atomic E-state index is 0.740. The Hall–Kier alpha value is -0.860. The zero-order valence-corrected chi connectivity index (χ0v) is 12.4.